The van der Waals surface area contributed by atoms with Crippen LogP contribution in [0.4, 0.5) is 0 Å². The van der Waals surface area contributed by atoms with Gasteiger partial charge in [0.25, 0.3) is 0 Å². The lowest BCUT2D eigenvalue weighted by Gasteiger charge is -2.31. The van der Waals surface area contributed by atoms with Crippen molar-refractivity contribution in [3.63, 3.8) is 0 Å². The molecule has 0 unspecified atom stereocenters. The van der Waals surface area contributed by atoms with E-state index in [1.54, 1.807) is 29.6 Å². The van der Waals surface area contributed by atoms with Gasteiger partial charge in [-0.2, -0.15) is 4.31 Å². The monoisotopic (exact) mass is 442 g/mol. The topological polar surface area (TPSA) is 83.6 Å². The lowest BCUT2D eigenvalue weighted by Crippen LogP contribution is -2.46. The molecule has 0 aliphatic carbocycles. The van der Waals surface area contributed by atoms with Gasteiger partial charge in [0.15, 0.2) is 0 Å². The van der Waals surface area contributed by atoms with Crippen LogP contribution in [0.5, 0.6) is 0 Å². The zero-order valence-corrected chi connectivity index (χ0v) is 18.5. The SMILES string of the molecule is CC[C@H](C)c1ccc(S(=O)(=O)N2CCC(NS(=O)(=O)c3cccs3)CC2)cc1. The van der Waals surface area contributed by atoms with Crippen LogP contribution in [-0.4, -0.2) is 40.3 Å². The maximum atomic E-state index is 12.9. The summed E-state index contributed by atoms with van der Waals surface area (Å²) in [7, 11) is -7.10. The van der Waals surface area contributed by atoms with Crippen molar-refractivity contribution in [2.24, 2.45) is 0 Å². The van der Waals surface area contributed by atoms with E-state index in [1.807, 2.05) is 12.1 Å². The molecule has 9 heteroatoms. The van der Waals surface area contributed by atoms with Gasteiger partial charge in [-0.3, -0.25) is 0 Å². The lowest BCUT2D eigenvalue weighted by atomic mass is 9.99. The van der Waals surface area contributed by atoms with Gasteiger partial charge < -0.3 is 0 Å². The number of nitrogens with zero attached hydrogens (tertiary/aromatic N) is 1. The minimum Gasteiger partial charge on any atom is -0.207 e. The highest BCUT2D eigenvalue weighted by molar-refractivity contribution is 7.91. The Hall–Kier alpha value is -1.26. The lowest BCUT2D eigenvalue weighted by molar-refractivity contribution is 0.308. The summed E-state index contributed by atoms with van der Waals surface area (Å²) in [6.45, 7) is 4.82. The highest BCUT2D eigenvalue weighted by Gasteiger charge is 2.31. The van der Waals surface area contributed by atoms with E-state index in [1.165, 1.54) is 15.6 Å². The highest BCUT2D eigenvalue weighted by Crippen LogP contribution is 2.25. The zero-order chi connectivity index (χ0) is 20.4. The molecule has 1 fully saturated rings. The molecule has 0 radical (unpaired) electrons. The zero-order valence-electron chi connectivity index (χ0n) is 16.0. The Morgan fingerprint density at radius 2 is 1.75 bits per heavy atom. The number of nitrogens with one attached hydrogen (secondary N) is 1. The van der Waals surface area contributed by atoms with Crippen molar-refractivity contribution < 1.29 is 16.8 Å². The number of piperidine rings is 1. The molecular formula is C19H26N2O4S3. The fraction of sp³-hybridized carbons (Fsp3) is 0.474. The van der Waals surface area contributed by atoms with Crippen molar-refractivity contribution in [3.05, 3.63) is 47.3 Å². The minimum absolute atomic E-state index is 0.258. The van der Waals surface area contributed by atoms with E-state index in [9.17, 15) is 16.8 Å². The van der Waals surface area contributed by atoms with Gasteiger partial charge in [0.1, 0.15) is 4.21 Å². The Balaban J connectivity index is 1.64. The average molecular weight is 443 g/mol. The summed E-state index contributed by atoms with van der Waals surface area (Å²) in [5.41, 5.74) is 1.13. The first kappa shape index (κ1) is 21.4. The number of rotatable bonds is 7. The van der Waals surface area contributed by atoms with Crippen molar-refractivity contribution >= 4 is 31.4 Å². The van der Waals surface area contributed by atoms with Gasteiger partial charge in [0.05, 0.1) is 4.90 Å². The third-order valence-electron chi connectivity index (χ3n) is 5.23. The highest BCUT2D eigenvalue weighted by atomic mass is 32.2. The molecule has 2 heterocycles. The molecular weight excluding hydrogens is 416 g/mol. The van der Waals surface area contributed by atoms with Gasteiger partial charge in [-0.15, -0.1) is 11.3 Å². The Labute approximate surface area is 171 Å². The second-order valence-electron chi connectivity index (χ2n) is 7.11. The van der Waals surface area contributed by atoms with Crippen LogP contribution < -0.4 is 4.72 Å². The van der Waals surface area contributed by atoms with Crippen LogP contribution in [0.15, 0.2) is 50.9 Å². The van der Waals surface area contributed by atoms with E-state index >= 15 is 0 Å². The number of hydrogen-bond donors (Lipinski definition) is 1. The Bertz CT molecular complexity index is 976. The summed E-state index contributed by atoms with van der Waals surface area (Å²) < 4.78 is 54.9. The number of thiophene rings is 1. The van der Waals surface area contributed by atoms with E-state index in [0.717, 1.165) is 12.0 Å². The van der Waals surface area contributed by atoms with Gasteiger partial charge >= 0.3 is 0 Å². The second kappa shape index (κ2) is 8.62. The van der Waals surface area contributed by atoms with E-state index in [0.29, 0.717) is 31.8 Å². The molecule has 1 saturated heterocycles. The van der Waals surface area contributed by atoms with Gasteiger partial charge in [0, 0.05) is 19.1 Å². The van der Waals surface area contributed by atoms with E-state index in [-0.39, 0.29) is 15.1 Å². The van der Waals surface area contributed by atoms with E-state index in [4.69, 9.17) is 0 Å². The Kier molecular flexibility index (Phi) is 6.61. The molecule has 1 aromatic heterocycles. The number of benzene rings is 1. The maximum Gasteiger partial charge on any atom is 0.250 e. The molecule has 0 saturated carbocycles. The summed E-state index contributed by atoms with van der Waals surface area (Å²) in [6.07, 6.45) is 1.91. The molecule has 1 aliphatic rings. The van der Waals surface area contributed by atoms with Crippen molar-refractivity contribution in [1.82, 2.24) is 9.03 Å². The molecule has 1 aromatic carbocycles. The summed E-state index contributed by atoms with van der Waals surface area (Å²) in [5, 5.41) is 1.72. The van der Waals surface area contributed by atoms with Crippen LogP contribution in [0.25, 0.3) is 0 Å². The first-order valence-corrected chi connectivity index (χ1v) is 13.2. The van der Waals surface area contributed by atoms with Crippen LogP contribution >= 0.6 is 11.3 Å². The second-order valence-corrected chi connectivity index (χ2v) is 11.9. The van der Waals surface area contributed by atoms with Crippen molar-refractivity contribution in [3.8, 4) is 0 Å². The van der Waals surface area contributed by atoms with E-state index in [2.05, 4.69) is 18.6 Å². The molecule has 0 amide bonds. The third kappa shape index (κ3) is 4.65. The molecule has 1 aliphatic heterocycles. The first-order valence-electron chi connectivity index (χ1n) is 9.40. The maximum absolute atomic E-state index is 12.9. The number of sulfonamides is 2. The molecule has 0 bridgehead atoms. The molecule has 0 spiro atoms. The predicted molar refractivity (Wildman–Crippen MR) is 112 cm³/mol. The molecule has 6 nitrogen and oxygen atoms in total. The Morgan fingerprint density at radius 3 is 2.29 bits per heavy atom. The van der Waals surface area contributed by atoms with Crippen LogP contribution in [0.2, 0.25) is 0 Å². The molecule has 2 aromatic rings. The summed E-state index contributed by atoms with van der Waals surface area (Å²) in [4.78, 5) is 0.289. The third-order valence-corrected chi connectivity index (χ3v) is 10.1. The van der Waals surface area contributed by atoms with Gasteiger partial charge in [0.2, 0.25) is 20.0 Å². The van der Waals surface area contributed by atoms with Gasteiger partial charge in [-0.05, 0) is 54.3 Å². The van der Waals surface area contributed by atoms with Gasteiger partial charge in [-0.25, -0.2) is 21.6 Å². The fourth-order valence-corrected chi connectivity index (χ4v) is 7.05. The largest absolute Gasteiger partial charge is 0.250 e. The Morgan fingerprint density at radius 1 is 1.11 bits per heavy atom. The molecule has 1 N–H and O–H groups in total. The van der Waals surface area contributed by atoms with Crippen LogP contribution in [0.3, 0.4) is 0 Å². The smallest absolute Gasteiger partial charge is 0.207 e. The molecule has 3 rings (SSSR count). The number of hydrogen-bond acceptors (Lipinski definition) is 5. The summed E-state index contributed by atoms with van der Waals surface area (Å²) >= 11 is 1.17. The molecule has 28 heavy (non-hydrogen) atoms. The average Bonchev–Trinajstić information content (AvgIpc) is 3.23. The predicted octanol–water partition coefficient (Wildman–Crippen LogP) is 3.39. The standard InChI is InChI=1S/C19H26N2O4S3/c1-3-15(2)16-6-8-18(9-7-16)28(24,25)21-12-10-17(11-13-21)20-27(22,23)19-5-4-14-26-19/h4-9,14-15,17,20H,3,10-13H2,1-2H3/t15-/m0/s1. The van der Waals surface area contributed by atoms with Crippen LogP contribution in [0, 0.1) is 0 Å². The van der Waals surface area contributed by atoms with E-state index < -0.39 is 20.0 Å². The summed E-state index contributed by atoms with van der Waals surface area (Å²) in [5.74, 6) is 0.392. The van der Waals surface area contributed by atoms with Crippen molar-refractivity contribution in [2.45, 2.75) is 54.2 Å². The first-order chi connectivity index (χ1) is 13.2. The van der Waals surface area contributed by atoms with Crippen molar-refractivity contribution in [2.75, 3.05) is 13.1 Å². The normalized spacial score (nSPS) is 18.2. The minimum atomic E-state index is -3.56. The quantitative estimate of drug-likeness (QED) is 0.712. The van der Waals surface area contributed by atoms with Gasteiger partial charge in [-0.1, -0.05) is 32.0 Å². The van der Waals surface area contributed by atoms with Crippen LogP contribution in [0.1, 0.15) is 44.6 Å². The van der Waals surface area contributed by atoms with Crippen LogP contribution in [-0.2, 0) is 20.0 Å². The molecule has 1 atom stereocenters. The molecule has 154 valence electrons. The summed E-state index contributed by atoms with van der Waals surface area (Å²) in [6, 6.07) is 10.1. The van der Waals surface area contributed by atoms with Crippen molar-refractivity contribution in [1.29, 1.82) is 0 Å². The fourth-order valence-electron chi connectivity index (χ4n) is 3.26.